The van der Waals surface area contributed by atoms with E-state index in [9.17, 15) is 5.26 Å². The van der Waals surface area contributed by atoms with E-state index in [1.54, 1.807) is 12.4 Å². The van der Waals surface area contributed by atoms with Gasteiger partial charge in [0.2, 0.25) is 5.89 Å². The number of hydrogen-bond donors (Lipinski definition) is 0. The molecule has 22 heavy (non-hydrogen) atoms. The topological polar surface area (TPSA) is 78.8 Å². The van der Waals surface area contributed by atoms with Gasteiger partial charge in [0.25, 0.3) is 0 Å². The molecule has 112 valence electrons. The summed E-state index contributed by atoms with van der Waals surface area (Å²) in [6, 6.07) is 4.13. The molecule has 0 amide bonds. The lowest BCUT2D eigenvalue weighted by molar-refractivity contribution is 0.366. The summed E-state index contributed by atoms with van der Waals surface area (Å²) in [6.07, 6.45) is 7.82. The summed E-state index contributed by atoms with van der Waals surface area (Å²) in [4.78, 5) is 10.9. The van der Waals surface area contributed by atoms with Gasteiger partial charge in [0.1, 0.15) is 6.07 Å². The lowest BCUT2D eigenvalue weighted by Crippen LogP contribution is -2.35. The minimum absolute atomic E-state index is 0.268. The Balaban J connectivity index is 1.55. The van der Waals surface area contributed by atoms with Crippen LogP contribution in [0.2, 0.25) is 0 Å². The van der Waals surface area contributed by atoms with E-state index in [1.165, 1.54) is 12.8 Å². The number of nitrogens with zero attached hydrogens (tertiary/aromatic N) is 5. The molecule has 6 nitrogen and oxygen atoms in total. The molecule has 2 aromatic heterocycles. The molecule has 0 N–H and O–H groups in total. The Morgan fingerprint density at radius 1 is 1.27 bits per heavy atom. The van der Waals surface area contributed by atoms with Crippen molar-refractivity contribution in [2.45, 2.75) is 37.5 Å². The quantitative estimate of drug-likeness (QED) is 0.866. The van der Waals surface area contributed by atoms with Crippen LogP contribution in [-0.2, 0) is 0 Å². The van der Waals surface area contributed by atoms with Gasteiger partial charge >= 0.3 is 0 Å². The molecule has 1 saturated heterocycles. The minimum atomic E-state index is 0.268. The van der Waals surface area contributed by atoms with E-state index in [2.05, 4.69) is 26.1 Å². The molecule has 1 unspecified atom stereocenters. The van der Waals surface area contributed by atoms with E-state index in [0.29, 0.717) is 11.5 Å². The lowest BCUT2D eigenvalue weighted by Gasteiger charge is -2.33. The fraction of sp³-hybridized carbons (Fsp3) is 0.500. The summed E-state index contributed by atoms with van der Waals surface area (Å²) in [7, 11) is 0. The van der Waals surface area contributed by atoms with Crippen LogP contribution >= 0.6 is 0 Å². The second-order valence-electron chi connectivity index (χ2n) is 6.05. The summed E-state index contributed by atoms with van der Waals surface area (Å²) in [6.45, 7) is 1.77. The molecule has 2 aromatic rings. The standard InChI is InChI=1S/C16H17N5O/c17-8-13-9-18-6-5-14(13)21-7-1-2-12(10-21)15-19-16(22-20-15)11-3-4-11/h5-6,9,11-12H,1-4,7,10H2. The zero-order valence-electron chi connectivity index (χ0n) is 12.3. The van der Waals surface area contributed by atoms with Crippen molar-refractivity contribution in [1.29, 1.82) is 5.26 Å². The van der Waals surface area contributed by atoms with E-state index in [-0.39, 0.29) is 5.92 Å². The highest BCUT2D eigenvalue weighted by atomic mass is 16.5. The maximum Gasteiger partial charge on any atom is 0.229 e. The zero-order chi connectivity index (χ0) is 14.9. The van der Waals surface area contributed by atoms with E-state index in [4.69, 9.17) is 4.52 Å². The number of rotatable bonds is 3. The van der Waals surface area contributed by atoms with Crippen molar-refractivity contribution in [1.82, 2.24) is 15.1 Å². The van der Waals surface area contributed by atoms with Crippen molar-refractivity contribution in [3.63, 3.8) is 0 Å². The van der Waals surface area contributed by atoms with Gasteiger partial charge in [-0.1, -0.05) is 5.16 Å². The van der Waals surface area contributed by atoms with E-state index in [1.807, 2.05) is 6.07 Å². The van der Waals surface area contributed by atoms with E-state index in [0.717, 1.165) is 43.3 Å². The fourth-order valence-corrected chi connectivity index (χ4v) is 3.06. The average Bonchev–Trinajstić information content (AvgIpc) is 3.32. The smallest absolute Gasteiger partial charge is 0.229 e. The van der Waals surface area contributed by atoms with Crippen molar-refractivity contribution in [3.05, 3.63) is 35.7 Å². The Hall–Kier alpha value is -2.42. The molecule has 0 radical (unpaired) electrons. The van der Waals surface area contributed by atoms with Crippen LogP contribution in [0.1, 0.15) is 54.8 Å². The van der Waals surface area contributed by atoms with Crippen molar-refractivity contribution in [2.75, 3.05) is 18.0 Å². The predicted octanol–water partition coefficient (Wildman–Crippen LogP) is 2.60. The molecule has 0 bridgehead atoms. The molecule has 1 aliphatic carbocycles. The molecule has 0 spiro atoms. The highest BCUT2D eigenvalue weighted by Crippen LogP contribution is 2.39. The first-order valence-corrected chi connectivity index (χ1v) is 7.77. The van der Waals surface area contributed by atoms with Crippen LogP contribution in [-0.4, -0.2) is 28.2 Å². The number of pyridine rings is 1. The first-order chi connectivity index (χ1) is 10.8. The van der Waals surface area contributed by atoms with Gasteiger partial charge in [0.05, 0.1) is 11.3 Å². The highest BCUT2D eigenvalue weighted by molar-refractivity contribution is 5.58. The van der Waals surface area contributed by atoms with Crippen LogP contribution in [0.3, 0.4) is 0 Å². The second-order valence-corrected chi connectivity index (χ2v) is 6.05. The number of aromatic nitrogens is 3. The van der Waals surface area contributed by atoms with E-state index < -0.39 is 0 Å². The van der Waals surface area contributed by atoms with Gasteiger partial charge in [-0.05, 0) is 31.7 Å². The third-order valence-corrected chi connectivity index (χ3v) is 4.43. The average molecular weight is 295 g/mol. The Morgan fingerprint density at radius 3 is 3.00 bits per heavy atom. The molecule has 4 rings (SSSR count). The van der Waals surface area contributed by atoms with Gasteiger partial charge in [0.15, 0.2) is 5.82 Å². The summed E-state index contributed by atoms with van der Waals surface area (Å²) < 4.78 is 5.39. The predicted molar refractivity (Wildman–Crippen MR) is 79.4 cm³/mol. The molecule has 1 atom stereocenters. The molecule has 2 aliphatic rings. The fourth-order valence-electron chi connectivity index (χ4n) is 3.06. The molecule has 6 heteroatoms. The monoisotopic (exact) mass is 295 g/mol. The molecule has 1 saturated carbocycles. The highest BCUT2D eigenvalue weighted by Gasteiger charge is 2.32. The van der Waals surface area contributed by atoms with Crippen LogP contribution in [0.5, 0.6) is 0 Å². The van der Waals surface area contributed by atoms with Gasteiger partial charge in [-0.2, -0.15) is 10.2 Å². The maximum absolute atomic E-state index is 9.25. The maximum atomic E-state index is 9.25. The normalized spacial score (nSPS) is 21.6. The van der Waals surface area contributed by atoms with Crippen LogP contribution < -0.4 is 4.90 Å². The molecule has 2 fully saturated rings. The van der Waals surface area contributed by atoms with Crippen LogP contribution in [0, 0.1) is 11.3 Å². The van der Waals surface area contributed by atoms with Crippen LogP contribution in [0.15, 0.2) is 23.0 Å². The summed E-state index contributed by atoms with van der Waals surface area (Å²) in [5, 5.41) is 13.4. The largest absolute Gasteiger partial charge is 0.370 e. The third-order valence-electron chi connectivity index (χ3n) is 4.43. The van der Waals surface area contributed by atoms with Crippen LogP contribution in [0.4, 0.5) is 5.69 Å². The van der Waals surface area contributed by atoms with Gasteiger partial charge in [-0.3, -0.25) is 4.98 Å². The molecular weight excluding hydrogens is 278 g/mol. The summed E-state index contributed by atoms with van der Waals surface area (Å²) in [5.41, 5.74) is 1.57. The minimum Gasteiger partial charge on any atom is -0.370 e. The molecule has 3 heterocycles. The van der Waals surface area contributed by atoms with Crippen LogP contribution in [0.25, 0.3) is 0 Å². The van der Waals surface area contributed by atoms with E-state index >= 15 is 0 Å². The molecule has 0 aromatic carbocycles. The zero-order valence-corrected chi connectivity index (χ0v) is 12.3. The number of piperidine rings is 1. The van der Waals surface area contributed by atoms with Crippen molar-refractivity contribution < 1.29 is 4.52 Å². The third kappa shape index (κ3) is 2.43. The Morgan fingerprint density at radius 2 is 2.18 bits per heavy atom. The molecular formula is C16H17N5O. The Labute approximate surface area is 128 Å². The van der Waals surface area contributed by atoms with Crippen molar-refractivity contribution in [2.24, 2.45) is 0 Å². The van der Waals surface area contributed by atoms with Crippen molar-refractivity contribution in [3.8, 4) is 6.07 Å². The van der Waals surface area contributed by atoms with Gasteiger partial charge in [-0.25, -0.2) is 0 Å². The second kappa shape index (κ2) is 5.41. The number of hydrogen-bond acceptors (Lipinski definition) is 6. The first kappa shape index (κ1) is 13.3. The lowest BCUT2D eigenvalue weighted by atomic mass is 9.96. The Bertz CT molecular complexity index is 715. The van der Waals surface area contributed by atoms with Gasteiger partial charge in [0, 0.05) is 37.3 Å². The number of anilines is 1. The van der Waals surface area contributed by atoms with Gasteiger partial charge < -0.3 is 9.42 Å². The molecule has 1 aliphatic heterocycles. The SMILES string of the molecule is N#Cc1cnccc1N1CCCC(c2noc(C3CC3)n2)C1. The number of nitriles is 1. The summed E-state index contributed by atoms with van der Waals surface area (Å²) >= 11 is 0. The Kier molecular flexibility index (Phi) is 3.26. The van der Waals surface area contributed by atoms with Crippen molar-refractivity contribution >= 4 is 5.69 Å². The summed E-state index contributed by atoms with van der Waals surface area (Å²) in [5.74, 6) is 2.38. The van der Waals surface area contributed by atoms with Gasteiger partial charge in [-0.15, -0.1) is 0 Å². The first-order valence-electron chi connectivity index (χ1n) is 7.77.